The molecule has 1 saturated carbocycles. The van der Waals surface area contributed by atoms with Gasteiger partial charge in [-0.2, -0.15) is 0 Å². The van der Waals surface area contributed by atoms with Crippen LogP contribution in [0.15, 0.2) is 22.1 Å². The summed E-state index contributed by atoms with van der Waals surface area (Å²) < 4.78 is 0. The van der Waals surface area contributed by atoms with Crippen molar-refractivity contribution in [1.29, 1.82) is 0 Å². The van der Waals surface area contributed by atoms with Crippen LogP contribution in [0.4, 0.5) is 0 Å². The molecule has 0 amide bonds. The summed E-state index contributed by atoms with van der Waals surface area (Å²) in [5.74, 6) is 1.78. The molecule has 0 nitrogen and oxygen atoms in total. The molecule has 66 valence electrons. The van der Waals surface area contributed by atoms with Gasteiger partial charge >= 0.3 is 0 Å². The van der Waals surface area contributed by atoms with Crippen LogP contribution in [0.3, 0.4) is 0 Å². The van der Waals surface area contributed by atoms with E-state index in [9.17, 15) is 0 Å². The van der Waals surface area contributed by atoms with E-state index < -0.39 is 0 Å². The van der Waals surface area contributed by atoms with E-state index in [0.717, 1.165) is 16.7 Å². The Balaban J connectivity index is 2.30. The van der Waals surface area contributed by atoms with Gasteiger partial charge in [0.05, 0.1) is 0 Å². The molecule has 1 fully saturated rings. The first kappa shape index (κ1) is 8.43. The fraction of sp³-hybridized carbons (Fsp3) is 0.636. The molecule has 2 aliphatic carbocycles. The Hall–Kier alpha value is -0.170. The highest BCUT2D eigenvalue weighted by Gasteiger charge is 2.35. The van der Waals surface area contributed by atoms with Crippen LogP contribution in [0.5, 0.6) is 0 Å². The zero-order chi connectivity index (χ0) is 8.72. The second kappa shape index (κ2) is 2.95. The highest BCUT2D eigenvalue weighted by atomic mass is 32.1. The normalized spacial score (nSPS) is 35.1. The summed E-state index contributed by atoms with van der Waals surface area (Å²) in [6.07, 6.45) is 6.52. The number of hydrogen-bond donors (Lipinski definition) is 1. The lowest BCUT2D eigenvalue weighted by Crippen LogP contribution is -1.98. The quantitative estimate of drug-likeness (QED) is 0.586. The fourth-order valence-electron chi connectivity index (χ4n) is 2.67. The maximum atomic E-state index is 4.33. The van der Waals surface area contributed by atoms with E-state index in [-0.39, 0.29) is 0 Å². The summed E-state index contributed by atoms with van der Waals surface area (Å²) in [5, 5.41) is 0. The van der Waals surface area contributed by atoms with E-state index in [1.54, 1.807) is 11.1 Å². The molecule has 2 atom stereocenters. The number of fused-ring (bicyclic) bond motifs is 2. The third-order valence-electron chi connectivity index (χ3n) is 3.30. The highest BCUT2D eigenvalue weighted by Crippen LogP contribution is 2.48. The van der Waals surface area contributed by atoms with Crippen molar-refractivity contribution >= 4 is 12.6 Å². The molecule has 0 spiro atoms. The third-order valence-corrected chi connectivity index (χ3v) is 3.43. The summed E-state index contributed by atoms with van der Waals surface area (Å²) in [6.45, 7) is 4.36. The Morgan fingerprint density at radius 1 is 1.42 bits per heavy atom. The molecular weight excluding hydrogens is 164 g/mol. The number of thiol groups is 1. The molecule has 0 aromatic rings. The average molecular weight is 180 g/mol. The summed E-state index contributed by atoms with van der Waals surface area (Å²) in [4.78, 5) is 1.15. The molecule has 1 heteroatoms. The third kappa shape index (κ3) is 1.24. The van der Waals surface area contributed by atoms with Crippen LogP contribution in [0.1, 0.15) is 33.1 Å². The molecule has 0 radical (unpaired) electrons. The molecule has 2 aliphatic rings. The number of allylic oxidation sites excluding steroid dienone is 4. The first-order valence-electron chi connectivity index (χ1n) is 4.76. The van der Waals surface area contributed by atoms with Crippen LogP contribution in [0.2, 0.25) is 0 Å². The standard InChI is InChI=1S/C11H16S/c1-7(12)5-11-8(2)9-3-4-10(11)6-9/h5,9-10,12H,3-4,6H2,1-2H3/b7-5-. The van der Waals surface area contributed by atoms with Gasteiger partial charge in [0.25, 0.3) is 0 Å². The Labute approximate surface area is 80.2 Å². The minimum Gasteiger partial charge on any atom is -0.148 e. The van der Waals surface area contributed by atoms with Crippen molar-refractivity contribution in [2.24, 2.45) is 11.8 Å². The molecule has 0 aromatic carbocycles. The van der Waals surface area contributed by atoms with E-state index >= 15 is 0 Å². The first-order chi connectivity index (χ1) is 5.68. The maximum Gasteiger partial charge on any atom is -0.0156 e. The zero-order valence-corrected chi connectivity index (χ0v) is 8.70. The van der Waals surface area contributed by atoms with E-state index in [2.05, 4.69) is 32.6 Å². The SMILES string of the molecule is CC1=C(/C=C(/C)S)C2CCC1C2. The molecule has 0 aliphatic heterocycles. The smallest absolute Gasteiger partial charge is 0.0156 e. The predicted molar refractivity (Wildman–Crippen MR) is 56.3 cm³/mol. The molecule has 0 N–H and O–H groups in total. The number of hydrogen-bond acceptors (Lipinski definition) is 1. The lowest BCUT2D eigenvalue weighted by Gasteiger charge is -2.14. The second-order valence-electron chi connectivity index (χ2n) is 4.13. The van der Waals surface area contributed by atoms with Crippen LogP contribution in [0.25, 0.3) is 0 Å². The van der Waals surface area contributed by atoms with Crippen molar-refractivity contribution in [2.45, 2.75) is 33.1 Å². The van der Waals surface area contributed by atoms with Gasteiger partial charge in [0.15, 0.2) is 0 Å². The summed E-state index contributed by atoms with van der Waals surface area (Å²) >= 11 is 4.33. The average Bonchev–Trinajstić information content (AvgIpc) is 2.53. The van der Waals surface area contributed by atoms with Crippen molar-refractivity contribution in [3.63, 3.8) is 0 Å². The van der Waals surface area contributed by atoms with E-state index in [1.165, 1.54) is 19.3 Å². The topological polar surface area (TPSA) is 0 Å². The summed E-state index contributed by atoms with van der Waals surface area (Å²) in [6, 6.07) is 0. The van der Waals surface area contributed by atoms with Crippen LogP contribution >= 0.6 is 12.6 Å². The first-order valence-corrected chi connectivity index (χ1v) is 5.21. The van der Waals surface area contributed by atoms with Crippen LogP contribution in [0, 0.1) is 11.8 Å². The van der Waals surface area contributed by atoms with E-state index in [4.69, 9.17) is 0 Å². The Morgan fingerprint density at radius 2 is 2.08 bits per heavy atom. The molecule has 2 bridgehead atoms. The highest BCUT2D eigenvalue weighted by molar-refractivity contribution is 7.84. The maximum absolute atomic E-state index is 4.33. The minimum absolute atomic E-state index is 0.872. The van der Waals surface area contributed by atoms with Crippen molar-refractivity contribution in [3.05, 3.63) is 22.1 Å². The van der Waals surface area contributed by atoms with Gasteiger partial charge in [-0.1, -0.05) is 5.57 Å². The monoisotopic (exact) mass is 180 g/mol. The molecule has 2 rings (SSSR count). The van der Waals surface area contributed by atoms with Crippen LogP contribution < -0.4 is 0 Å². The molecule has 0 saturated heterocycles. The van der Waals surface area contributed by atoms with E-state index in [1.807, 2.05) is 0 Å². The molecular formula is C11H16S. The fourth-order valence-corrected chi connectivity index (χ4v) is 2.81. The molecule has 12 heavy (non-hydrogen) atoms. The van der Waals surface area contributed by atoms with Crippen molar-refractivity contribution in [3.8, 4) is 0 Å². The van der Waals surface area contributed by atoms with Crippen LogP contribution in [-0.2, 0) is 0 Å². The van der Waals surface area contributed by atoms with Crippen molar-refractivity contribution in [2.75, 3.05) is 0 Å². The van der Waals surface area contributed by atoms with Crippen molar-refractivity contribution < 1.29 is 0 Å². The predicted octanol–water partition coefficient (Wildman–Crippen LogP) is 3.57. The summed E-state index contributed by atoms with van der Waals surface area (Å²) in [7, 11) is 0. The zero-order valence-electron chi connectivity index (χ0n) is 7.80. The second-order valence-corrected chi connectivity index (χ2v) is 4.84. The van der Waals surface area contributed by atoms with Gasteiger partial charge in [-0.25, -0.2) is 0 Å². The van der Waals surface area contributed by atoms with Gasteiger partial charge in [-0.05, 0) is 61.5 Å². The lowest BCUT2D eigenvalue weighted by atomic mass is 9.92. The largest absolute Gasteiger partial charge is 0.148 e. The Morgan fingerprint density at radius 3 is 2.58 bits per heavy atom. The lowest BCUT2D eigenvalue weighted by molar-refractivity contribution is 0.655. The van der Waals surface area contributed by atoms with Gasteiger partial charge in [0.1, 0.15) is 0 Å². The number of rotatable bonds is 1. The van der Waals surface area contributed by atoms with Gasteiger partial charge in [0, 0.05) is 0 Å². The van der Waals surface area contributed by atoms with Crippen molar-refractivity contribution in [1.82, 2.24) is 0 Å². The Kier molecular flexibility index (Phi) is 2.07. The summed E-state index contributed by atoms with van der Waals surface area (Å²) in [5.41, 5.74) is 3.23. The minimum atomic E-state index is 0.872. The molecule has 0 aromatic heterocycles. The van der Waals surface area contributed by atoms with Crippen LogP contribution in [-0.4, -0.2) is 0 Å². The van der Waals surface area contributed by atoms with Gasteiger partial charge in [-0.15, -0.1) is 12.6 Å². The van der Waals surface area contributed by atoms with E-state index in [0.29, 0.717) is 0 Å². The van der Waals surface area contributed by atoms with Gasteiger partial charge in [0.2, 0.25) is 0 Å². The van der Waals surface area contributed by atoms with Gasteiger partial charge in [-0.3, -0.25) is 0 Å². The molecule has 0 heterocycles. The molecule has 2 unspecified atom stereocenters. The van der Waals surface area contributed by atoms with Gasteiger partial charge < -0.3 is 0 Å². The Bertz CT molecular complexity index is 256.